The van der Waals surface area contributed by atoms with E-state index >= 15 is 0 Å². The Bertz CT molecular complexity index is 1050. The van der Waals surface area contributed by atoms with E-state index in [0.29, 0.717) is 34.5 Å². The van der Waals surface area contributed by atoms with Crippen LogP contribution in [0.1, 0.15) is 28.5 Å². The Hall–Kier alpha value is -2.28. The molecule has 8 heteroatoms. The number of aromatic nitrogens is 2. The third-order valence-electron chi connectivity index (χ3n) is 5.28. The van der Waals surface area contributed by atoms with Gasteiger partial charge in [-0.3, -0.25) is 14.5 Å². The minimum absolute atomic E-state index is 0.271. The number of amides is 1. The summed E-state index contributed by atoms with van der Waals surface area (Å²) in [6.07, 6.45) is 3.81. The highest BCUT2D eigenvalue weighted by molar-refractivity contribution is 6.39. The molecule has 1 amide bonds. The van der Waals surface area contributed by atoms with Crippen molar-refractivity contribution in [2.45, 2.75) is 20.3 Å². The third-order valence-corrected chi connectivity index (χ3v) is 5.85. The van der Waals surface area contributed by atoms with Crippen LogP contribution >= 0.6 is 23.2 Å². The maximum Gasteiger partial charge on any atom is 0.255 e. The Labute approximate surface area is 179 Å². The molecule has 0 bridgehead atoms. The van der Waals surface area contributed by atoms with Crippen molar-refractivity contribution in [1.82, 2.24) is 9.66 Å². The normalized spacial score (nSPS) is 14.4. The first kappa shape index (κ1) is 20.0. The third kappa shape index (κ3) is 3.68. The number of fused-ring (bicyclic) bond motifs is 1. The summed E-state index contributed by atoms with van der Waals surface area (Å²) in [6.45, 7) is 7.31. The predicted molar refractivity (Wildman–Crippen MR) is 117 cm³/mol. The lowest BCUT2D eigenvalue weighted by atomic mass is 10.1. The highest BCUT2D eigenvalue weighted by Crippen LogP contribution is 2.31. The molecule has 1 aliphatic heterocycles. The largest absolute Gasteiger partial charge is 0.378 e. The fraction of sp³-hybridized carbons (Fsp3) is 0.333. The van der Waals surface area contributed by atoms with Gasteiger partial charge in [0.05, 0.1) is 47.6 Å². The summed E-state index contributed by atoms with van der Waals surface area (Å²) >= 11 is 12.3. The van der Waals surface area contributed by atoms with Crippen LogP contribution in [0, 0.1) is 6.92 Å². The molecule has 1 fully saturated rings. The number of halogens is 2. The summed E-state index contributed by atoms with van der Waals surface area (Å²) in [7, 11) is 0. The number of aryl methyl sites for hydroxylation is 1. The molecule has 1 aromatic carbocycles. The molecule has 6 nitrogen and oxygen atoms in total. The van der Waals surface area contributed by atoms with Gasteiger partial charge in [-0.2, -0.15) is 0 Å². The van der Waals surface area contributed by atoms with Gasteiger partial charge >= 0.3 is 0 Å². The number of ether oxygens (including phenoxy) is 1. The highest BCUT2D eigenvalue weighted by Gasteiger charge is 2.21. The minimum Gasteiger partial charge on any atom is -0.378 e. The molecule has 0 spiro atoms. The van der Waals surface area contributed by atoms with Gasteiger partial charge in [0.25, 0.3) is 5.91 Å². The highest BCUT2D eigenvalue weighted by atomic mass is 35.5. The quantitative estimate of drug-likeness (QED) is 0.661. The van der Waals surface area contributed by atoms with Crippen molar-refractivity contribution in [3.63, 3.8) is 0 Å². The molecule has 29 heavy (non-hydrogen) atoms. The van der Waals surface area contributed by atoms with Crippen LogP contribution in [0.5, 0.6) is 0 Å². The molecule has 3 aromatic rings. The van der Waals surface area contributed by atoms with Gasteiger partial charge in [0.1, 0.15) is 0 Å². The van der Waals surface area contributed by atoms with Gasteiger partial charge in [-0.1, -0.05) is 36.2 Å². The average Bonchev–Trinajstić information content (AvgIpc) is 3.02. The smallest absolute Gasteiger partial charge is 0.255 e. The van der Waals surface area contributed by atoms with Gasteiger partial charge in [-0.05, 0) is 31.0 Å². The fourth-order valence-corrected chi connectivity index (χ4v) is 4.29. The van der Waals surface area contributed by atoms with Gasteiger partial charge in [0.15, 0.2) is 0 Å². The molecule has 152 valence electrons. The van der Waals surface area contributed by atoms with E-state index in [1.807, 2.05) is 18.2 Å². The van der Waals surface area contributed by atoms with Crippen LogP contribution in [-0.4, -0.2) is 41.9 Å². The van der Waals surface area contributed by atoms with E-state index in [1.165, 1.54) is 23.7 Å². The van der Waals surface area contributed by atoms with E-state index in [1.54, 1.807) is 0 Å². The summed E-state index contributed by atoms with van der Waals surface area (Å²) in [5, 5.41) is 6.84. The Morgan fingerprint density at radius 1 is 1.21 bits per heavy atom. The first-order chi connectivity index (χ1) is 14.0. The van der Waals surface area contributed by atoms with Crippen LogP contribution in [0.25, 0.3) is 10.9 Å². The maximum absolute atomic E-state index is 12.9. The SMILES string of the molecule is CCc1c(C)c2ccc(C(=O)Nc3c(Cl)cncc3Cl)cc2n1N1CCOCC1. The van der Waals surface area contributed by atoms with E-state index in [9.17, 15) is 4.79 Å². The molecule has 3 heterocycles. The summed E-state index contributed by atoms with van der Waals surface area (Å²) in [5.74, 6) is -0.271. The number of rotatable bonds is 4. The molecule has 0 aliphatic carbocycles. The zero-order valence-electron chi connectivity index (χ0n) is 16.3. The predicted octanol–water partition coefficient (Wildman–Crippen LogP) is 4.43. The van der Waals surface area contributed by atoms with Crippen molar-refractivity contribution in [3.05, 3.63) is 57.5 Å². The standard InChI is InChI=1S/C21H22Cl2N4O2/c1-3-18-13(2)15-5-4-14(10-19(15)27(18)26-6-8-29-9-7-26)21(28)25-20-16(22)11-24-12-17(20)23/h4-5,10-12H,3,6-9H2,1-2H3,(H,24,25,28). The number of nitrogens with zero attached hydrogens (tertiary/aromatic N) is 3. The van der Waals surface area contributed by atoms with Crippen molar-refractivity contribution in [2.75, 3.05) is 36.6 Å². The first-order valence-corrected chi connectivity index (χ1v) is 10.3. The average molecular weight is 433 g/mol. The summed E-state index contributed by atoms with van der Waals surface area (Å²) in [4.78, 5) is 16.8. The van der Waals surface area contributed by atoms with Crippen LogP contribution in [0.3, 0.4) is 0 Å². The first-order valence-electron chi connectivity index (χ1n) is 9.58. The van der Waals surface area contributed by atoms with Gasteiger partial charge in [-0.15, -0.1) is 0 Å². The molecule has 1 aliphatic rings. The second-order valence-corrected chi connectivity index (χ2v) is 7.78. The van der Waals surface area contributed by atoms with E-state index < -0.39 is 0 Å². The van der Waals surface area contributed by atoms with Crippen molar-refractivity contribution < 1.29 is 9.53 Å². The molecule has 0 radical (unpaired) electrons. The zero-order chi connectivity index (χ0) is 20.5. The lowest BCUT2D eigenvalue weighted by Crippen LogP contribution is -2.44. The second-order valence-electron chi connectivity index (χ2n) is 6.97. The molecule has 0 unspecified atom stereocenters. The van der Waals surface area contributed by atoms with Gasteiger partial charge in [0, 0.05) is 29.0 Å². The minimum atomic E-state index is -0.271. The van der Waals surface area contributed by atoms with Crippen molar-refractivity contribution in [2.24, 2.45) is 0 Å². The van der Waals surface area contributed by atoms with E-state index in [0.717, 1.165) is 30.4 Å². The van der Waals surface area contributed by atoms with Gasteiger partial charge < -0.3 is 15.1 Å². The number of benzene rings is 1. The van der Waals surface area contributed by atoms with Crippen molar-refractivity contribution in [3.8, 4) is 0 Å². The summed E-state index contributed by atoms with van der Waals surface area (Å²) < 4.78 is 7.76. The molecule has 4 rings (SSSR count). The summed E-state index contributed by atoms with van der Waals surface area (Å²) in [5.41, 5.74) is 4.40. The number of hydrogen-bond acceptors (Lipinski definition) is 4. The Morgan fingerprint density at radius 3 is 2.55 bits per heavy atom. The molecular weight excluding hydrogens is 411 g/mol. The number of hydrogen-bond donors (Lipinski definition) is 1. The lowest BCUT2D eigenvalue weighted by molar-refractivity contribution is 0.102. The van der Waals surface area contributed by atoms with Gasteiger partial charge in [0.2, 0.25) is 0 Å². The molecule has 0 saturated carbocycles. The van der Waals surface area contributed by atoms with E-state index in [-0.39, 0.29) is 5.91 Å². The van der Waals surface area contributed by atoms with Crippen LogP contribution in [0.4, 0.5) is 5.69 Å². The molecule has 1 N–H and O–H groups in total. The fourth-order valence-electron chi connectivity index (χ4n) is 3.83. The zero-order valence-corrected chi connectivity index (χ0v) is 17.8. The number of carbonyl (C=O) groups excluding carboxylic acids is 1. The molecular formula is C21H22Cl2N4O2. The van der Waals surface area contributed by atoms with Crippen molar-refractivity contribution in [1.29, 1.82) is 0 Å². The van der Waals surface area contributed by atoms with Crippen molar-refractivity contribution >= 4 is 45.7 Å². The Kier molecular flexibility index (Phi) is 5.67. The van der Waals surface area contributed by atoms with Crippen LogP contribution < -0.4 is 10.3 Å². The van der Waals surface area contributed by atoms with Crippen LogP contribution in [0.2, 0.25) is 10.0 Å². The maximum atomic E-state index is 12.9. The number of anilines is 1. The number of pyridine rings is 1. The van der Waals surface area contributed by atoms with Crippen LogP contribution in [-0.2, 0) is 11.2 Å². The topological polar surface area (TPSA) is 59.4 Å². The monoisotopic (exact) mass is 432 g/mol. The number of morpholine rings is 1. The molecule has 2 aromatic heterocycles. The summed E-state index contributed by atoms with van der Waals surface area (Å²) in [6, 6.07) is 5.76. The molecule has 1 saturated heterocycles. The Balaban J connectivity index is 1.76. The number of carbonyl (C=O) groups is 1. The van der Waals surface area contributed by atoms with Gasteiger partial charge in [-0.25, -0.2) is 0 Å². The molecule has 0 atom stereocenters. The van der Waals surface area contributed by atoms with E-state index in [2.05, 4.69) is 33.8 Å². The van der Waals surface area contributed by atoms with E-state index in [4.69, 9.17) is 27.9 Å². The lowest BCUT2D eigenvalue weighted by Gasteiger charge is -2.32. The number of nitrogens with one attached hydrogen (secondary N) is 1. The Morgan fingerprint density at radius 2 is 1.90 bits per heavy atom. The second kappa shape index (κ2) is 8.22. The van der Waals surface area contributed by atoms with Crippen LogP contribution in [0.15, 0.2) is 30.6 Å².